The number of halogens is 2. The normalized spacial score (nSPS) is 10.5. The third-order valence-electron chi connectivity index (χ3n) is 2.01. The highest BCUT2D eigenvalue weighted by Gasteiger charge is 2.15. The van der Waals surface area contributed by atoms with Crippen molar-refractivity contribution in [2.45, 2.75) is 6.54 Å². The van der Waals surface area contributed by atoms with Crippen LogP contribution in [0.2, 0.25) is 0 Å². The average Bonchev–Trinajstić information content (AvgIpc) is 2.69. The fourth-order valence-electron chi connectivity index (χ4n) is 1.31. The van der Waals surface area contributed by atoms with E-state index in [1.165, 1.54) is 12.1 Å². The van der Waals surface area contributed by atoms with E-state index in [9.17, 15) is 9.18 Å². The topological polar surface area (TPSA) is 80.9 Å². The lowest BCUT2D eigenvalue weighted by Gasteiger charge is -2.04. The van der Waals surface area contributed by atoms with Gasteiger partial charge in [-0.2, -0.15) is 0 Å². The Morgan fingerprint density at radius 3 is 3.00 bits per heavy atom. The lowest BCUT2D eigenvalue weighted by Crippen LogP contribution is -2.11. The number of rotatable bonds is 3. The number of carboxylic acid groups (broad SMARTS) is 1. The Labute approximate surface area is 103 Å². The maximum atomic E-state index is 13.3. The Balaban J connectivity index is 2.50. The molecule has 0 unspecified atom stereocenters. The van der Waals surface area contributed by atoms with Gasteiger partial charge in [-0.15, -0.1) is 5.10 Å². The molecule has 0 saturated heterocycles. The van der Waals surface area contributed by atoms with Gasteiger partial charge in [0.25, 0.3) is 0 Å². The van der Waals surface area contributed by atoms with Crippen molar-refractivity contribution in [2.24, 2.45) is 0 Å². The molecule has 0 fully saturated rings. The van der Waals surface area contributed by atoms with Crippen molar-refractivity contribution < 1.29 is 14.3 Å². The van der Waals surface area contributed by atoms with E-state index in [0.29, 0.717) is 5.56 Å². The summed E-state index contributed by atoms with van der Waals surface area (Å²) in [7, 11) is 0. The number of aromatic nitrogens is 4. The van der Waals surface area contributed by atoms with Gasteiger partial charge in [-0.1, -0.05) is 6.07 Å². The van der Waals surface area contributed by atoms with Crippen LogP contribution in [0.4, 0.5) is 4.39 Å². The number of nitrogens with zero attached hydrogens (tertiary/aromatic N) is 4. The SMILES string of the molecule is O=C(O)Cn1nnnc1-c1cccc(F)c1Br. The zero-order valence-corrected chi connectivity index (χ0v) is 9.93. The minimum absolute atomic E-state index is 0.193. The summed E-state index contributed by atoms with van der Waals surface area (Å²) in [5.74, 6) is -1.35. The van der Waals surface area contributed by atoms with Gasteiger partial charge in [0, 0.05) is 5.56 Å². The molecule has 0 spiro atoms. The molecule has 2 aromatic rings. The number of aliphatic carboxylic acids is 1. The van der Waals surface area contributed by atoms with Crippen LogP contribution in [-0.2, 0) is 11.3 Å². The number of tetrazole rings is 1. The molecular formula is C9H6BrFN4O2. The maximum absolute atomic E-state index is 13.3. The molecule has 0 atom stereocenters. The molecule has 17 heavy (non-hydrogen) atoms. The second-order valence-electron chi connectivity index (χ2n) is 3.16. The standard InChI is InChI=1S/C9H6BrFN4O2/c10-8-5(2-1-3-6(8)11)9-12-13-14-15(9)4-7(16)17/h1-3H,4H2,(H,16,17). The molecule has 88 valence electrons. The second-order valence-corrected chi connectivity index (χ2v) is 3.95. The highest BCUT2D eigenvalue weighted by Crippen LogP contribution is 2.28. The monoisotopic (exact) mass is 300 g/mol. The van der Waals surface area contributed by atoms with E-state index >= 15 is 0 Å². The summed E-state index contributed by atoms with van der Waals surface area (Å²) in [5.41, 5.74) is 0.399. The zero-order chi connectivity index (χ0) is 12.4. The number of benzene rings is 1. The number of carboxylic acids is 1. The van der Waals surface area contributed by atoms with Gasteiger partial charge < -0.3 is 5.11 Å². The summed E-state index contributed by atoms with van der Waals surface area (Å²) in [6, 6.07) is 4.37. The van der Waals surface area contributed by atoms with Gasteiger partial charge in [0.15, 0.2) is 5.82 Å². The molecule has 8 heteroatoms. The van der Waals surface area contributed by atoms with Crippen molar-refractivity contribution in [1.82, 2.24) is 20.2 Å². The molecule has 0 amide bonds. The van der Waals surface area contributed by atoms with Gasteiger partial charge in [0.2, 0.25) is 0 Å². The molecule has 0 saturated carbocycles. The first-order chi connectivity index (χ1) is 8.09. The van der Waals surface area contributed by atoms with E-state index in [4.69, 9.17) is 5.11 Å². The maximum Gasteiger partial charge on any atom is 0.325 e. The van der Waals surface area contributed by atoms with Crippen LogP contribution in [0.25, 0.3) is 11.4 Å². The number of carbonyl (C=O) groups is 1. The summed E-state index contributed by atoms with van der Waals surface area (Å²) in [4.78, 5) is 10.6. The van der Waals surface area contributed by atoms with Gasteiger partial charge in [-0.3, -0.25) is 4.79 Å². The Morgan fingerprint density at radius 2 is 2.29 bits per heavy atom. The summed E-state index contributed by atoms with van der Waals surface area (Å²) in [6.07, 6.45) is 0. The Hall–Kier alpha value is -1.83. The van der Waals surface area contributed by atoms with Gasteiger partial charge >= 0.3 is 5.97 Å². The van der Waals surface area contributed by atoms with Crippen molar-refractivity contribution in [3.05, 3.63) is 28.5 Å². The summed E-state index contributed by atoms with van der Waals surface area (Å²) in [5, 5.41) is 19.3. The zero-order valence-electron chi connectivity index (χ0n) is 8.34. The molecule has 1 aromatic heterocycles. The predicted octanol–water partition coefficient (Wildman–Crippen LogP) is 1.33. The van der Waals surface area contributed by atoms with E-state index in [0.717, 1.165) is 4.68 Å². The molecule has 1 heterocycles. The van der Waals surface area contributed by atoms with Gasteiger partial charge in [-0.25, -0.2) is 9.07 Å². The molecule has 0 aliphatic heterocycles. The van der Waals surface area contributed by atoms with Crippen LogP contribution in [0.1, 0.15) is 0 Å². The van der Waals surface area contributed by atoms with Crippen molar-refractivity contribution in [3.63, 3.8) is 0 Å². The summed E-state index contributed by atoms with van der Waals surface area (Å²) < 4.78 is 14.6. The molecule has 0 bridgehead atoms. The Morgan fingerprint density at radius 1 is 1.53 bits per heavy atom. The highest BCUT2D eigenvalue weighted by atomic mass is 79.9. The van der Waals surface area contributed by atoms with Crippen LogP contribution in [0.5, 0.6) is 0 Å². The van der Waals surface area contributed by atoms with Crippen molar-refractivity contribution in [2.75, 3.05) is 0 Å². The van der Waals surface area contributed by atoms with Crippen LogP contribution in [-0.4, -0.2) is 31.3 Å². The first-order valence-corrected chi connectivity index (χ1v) is 5.31. The van der Waals surface area contributed by atoms with Crippen LogP contribution in [0, 0.1) is 5.82 Å². The summed E-state index contributed by atoms with van der Waals surface area (Å²) in [6.45, 7) is -0.384. The third kappa shape index (κ3) is 2.31. The second kappa shape index (κ2) is 4.58. The number of hydrogen-bond acceptors (Lipinski definition) is 4. The largest absolute Gasteiger partial charge is 0.480 e. The molecule has 0 radical (unpaired) electrons. The molecule has 1 aromatic carbocycles. The minimum Gasteiger partial charge on any atom is -0.480 e. The van der Waals surface area contributed by atoms with Gasteiger partial charge in [0.1, 0.15) is 12.4 Å². The van der Waals surface area contributed by atoms with Crippen LogP contribution in [0.3, 0.4) is 0 Å². The first-order valence-electron chi connectivity index (χ1n) is 4.52. The third-order valence-corrected chi connectivity index (χ3v) is 2.82. The fourth-order valence-corrected chi connectivity index (χ4v) is 1.75. The summed E-state index contributed by atoms with van der Waals surface area (Å²) >= 11 is 3.07. The van der Waals surface area contributed by atoms with Crippen LogP contribution < -0.4 is 0 Å². The van der Waals surface area contributed by atoms with Gasteiger partial charge in [0.05, 0.1) is 4.47 Å². The van der Waals surface area contributed by atoms with E-state index in [1.807, 2.05) is 0 Å². The molecule has 0 aliphatic carbocycles. The van der Waals surface area contributed by atoms with Gasteiger partial charge in [-0.05, 0) is 38.5 Å². The fraction of sp³-hybridized carbons (Fsp3) is 0.111. The van der Waals surface area contributed by atoms with E-state index in [1.54, 1.807) is 6.07 Å². The Bertz CT molecular complexity index is 572. The van der Waals surface area contributed by atoms with E-state index in [-0.39, 0.29) is 16.8 Å². The molecular weight excluding hydrogens is 295 g/mol. The average molecular weight is 301 g/mol. The van der Waals surface area contributed by atoms with Crippen LogP contribution in [0.15, 0.2) is 22.7 Å². The lowest BCUT2D eigenvalue weighted by molar-refractivity contribution is -0.137. The lowest BCUT2D eigenvalue weighted by atomic mass is 10.2. The number of hydrogen-bond donors (Lipinski definition) is 1. The highest BCUT2D eigenvalue weighted by molar-refractivity contribution is 9.10. The first kappa shape index (κ1) is 11.6. The van der Waals surface area contributed by atoms with Crippen LogP contribution >= 0.6 is 15.9 Å². The van der Waals surface area contributed by atoms with Crippen molar-refractivity contribution in [3.8, 4) is 11.4 Å². The predicted molar refractivity (Wildman–Crippen MR) is 58.5 cm³/mol. The molecule has 6 nitrogen and oxygen atoms in total. The molecule has 2 rings (SSSR count). The van der Waals surface area contributed by atoms with E-state index < -0.39 is 11.8 Å². The molecule has 1 N–H and O–H groups in total. The quantitative estimate of drug-likeness (QED) is 0.925. The van der Waals surface area contributed by atoms with Crippen molar-refractivity contribution in [1.29, 1.82) is 0 Å². The minimum atomic E-state index is -1.08. The Kier molecular flexibility index (Phi) is 3.14. The smallest absolute Gasteiger partial charge is 0.325 e. The molecule has 0 aliphatic rings. The van der Waals surface area contributed by atoms with E-state index in [2.05, 4.69) is 31.5 Å². The van der Waals surface area contributed by atoms with Crippen molar-refractivity contribution >= 4 is 21.9 Å².